The number of carbonyl (C=O) groups excluding carboxylic acids is 2. The van der Waals surface area contributed by atoms with Gasteiger partial charge in [-0.15, -0.1) is 0 Å². The lowest BCUT2D eigenvalue weighted by atomic mass is 10.4. The summed E-state index contributed by atoms with van der Waals surface area (Å²) in [6.45, 7) is 21.3. The molecule has 0 saturated carbocycles. The average Bonchev–Trinajstić information content (AvgIpc) is 2.52. The van der Waals surface area contributed by atoms with Crippen LogP contribution in [0, 0.1) is 0 Å². The smallest absolute Gasteiger partial charge is 0.311 e. The van der Waals surface area contributed by atoms with Gasteiger partial charge in [-0.3, -0.25) is 9.59 Å². The Kier molecular flexibility index (Phi) is 11.3. The number of carbonyl (C=O) groups is 2. The molecule has 0 aliphatic heterocycles. The molecule has 0 aromatic rings. The summed E-state index contributed by atoms with van der Waals surface area (Å²) in [4.78, 5) is 22.4. The molecule has 0 saturated heterocycles. The van der Waals surface area contributed by atoms with Gasteiger partial charge in [0.1, 0.15) is 0 Å². The van der Waals surface area contributed by atoms with Gasteiger partial charge in [0.25, 0.3) is 0 Å². The fourth-order valence-corrected chi connectivity index (χ4v) is 17.1. The highest BCUT2D eigenvalue weighted by Crippen LogP contribution is 2.25. The van der Waals surface area contributed by atoms with Crippen LogP contribution in [0.3, 0.4) is 0 Å². The van der Waals surface area contributed by atoms with E-state index in [2.05, 4.69) is 63.1 Å². The first-order valence-electron chi connectivity index (χ1n) is 9.53. The SMILES string of the molecule is C=CC(=O)NCCC[Si](C)(C)O[Si](C)(C)O[Si](C)(C)CCCNC(=O)C=C. The molecule has 0 spiro atoms. The van der Waals surface area contributed by atoms with E-state index in [1.165, 1.54) is 12.2 Å². The fraction of sp³-hybridized carbons (Fsp3) is 0.667. The lowest BCUT2D eigenvalue weighted by Crippen LogP contribution is -2.52. The molecule has 0 atom stereocenters. The molecule has 2 N–H and O–H groups in total. The molecule has 0 aromatic heterocycles. The molecule has 6 nitrogen and oxygen atoms in total. The molecule has 9 heteroatoms. The van der Waals surface area contributed by atoms with Crippen molar-refractivity contribution in [3.8, 4) is 0 Å². The van der Waals surface area contributed by atoms with Crippen LogP contribution in [0.15, 0.2) is 25.3 Å². The molecule has 0 aliphatic carbocycles. The summed E-state index contributed by atoms with van der Waals surface area (Å²) in [5, 5.41) is 5.61. The van der Waals surface area contributed by atoms with E-state index in [-0.39, 0.29) is 11.8 Å². The molecule has 0 heterocycles. The van der Waals surface area contributed by atoms with Crippen molar-refractivity contribution in [1.29, 1.82) is 0 Å². The van der Waals surface area contributed by atoms with Gasteiger partial charge in [0.2, 0.25) is 11.8 Å². The summed E-state index contributed by atoms with van der Waals surface area (Å²) in [6.07, 6.45) is 4.37. The van der Waals surface area contributed by atoms with Gasteiger partial charge < -0.3 is 18.9 Å². The molecule has 0 rings (SSSR count). The zero-order chi connectivity index (χ0) is 21.1. The lowest BCUT2D eigenvalue weighted by Gasteiger charge is -2.38. The summed E-state index contributed by atoms with van der Waals surface area (Å²) >= 11 is 0. The first kappa shape index (κ1) is 26.0. The molecule has 0 unspecified atom stereocenters. The Balaban J connectivity index is 4.39. The second-order valence-electron chi connectivity index (χ2n) is 8.32. The van der Waals surface area contributed by atoms with Crippen molar-refractivity contribution in [1.82, 2.24) is 10.6 Å². The molecule has 0 aliphatic rings. The number of nitrogens with one attached hydrogen (secondary N) is 2. The molecule has 0 fully saturated rings. The Bertz CT molecular complexity index is 479. The molecular formula is C18H38N2O4Si3. The van der Waals surface area contributed by atoms with Crippen LogP contribution in [-0.2, 0) is 17.8 Å². The molecule has 2 amide bonds. The van der Waals surface area contributed by atoms with Gasteiger partial charge in [-0.25, -0.2) is 0 Å². The van der Waals surface area contributed by atoms with Crippen LogP contribution in [0.25, 0.3) is 0 Å². The second kappa shape index (κ2) is 11.7. The Labute approximate surface area is 168 Å². The number of rotatable bonds is 14. The minimum Gasteiger partial charge on any atom is -0.437 e. The summed E-state index contributed by atoms with van der Waals surface area (Å²) in [5.74, 6) is -0.268. The van der Waals surface area contributed by atoms with Gasteiger partial charge >= 0.3 is 8.56 Å². The van der Waals surface area contributed by atoms with Crippen molar-refractivity contribution >= 4 is 37.0 Å². The molecule has 0 bridgehead atoms. The quantitative estimate of drug-likeness (QED) is 0.251. The third-order valence-corrected chi connectivity index (χ3v) is 15.4. The summed E-state index contributed by atoms with van der Waals surface area (Å²) in [6, 6.07) is 1.94. The lowest BCUT2D eigenvalue weighted by molar-refractivity contribution is -0.117. The van der Waals surface area contributed by atoms with Crippen LogP contribution in [-0.4, -0.2) is 50.1 Å². The van der Waals surface area contributed by atoms with E-state index >= 15 is 0 Å². The largest absolute Gasteiger partial charge is 0.437 e. The highest BCUT2D eigenvalue weighted by atomic mass is 28.5. The Morgan fingerprint density at radius 3 is 1.41 bits per heavy atom. The zero-order valence-electron chi connectivity index (χ0n) is 17.9. The van der Waals surface area contributed by atoms with Crippen molar-refractivity contribution in [3.63, 3.8) is 0 Å². The summed E-state index contributed by atoms with van der Waals surface area (Å²) in [7, 11) is -5.97. The van der Waals surface area contributed by atoms with Crippen molar-refractivity contribution in [2.45, 2.75) is 64.2 Å². The molecule has 27 heavy (non-hydrogen) atoms. The normalized spacial score (nSPS) is 12.4. The average molecular weight is 431 g/mol. The minimum absolute atomic E-state index is 0.134. The number of hydrogen-bond donors (Lipinski definition) is 2. The summed E-state index contributed by atoms with van der Waals surface area (Å²) in [5.41, 5.74) is 0. The summed E-state index contributed by atoms with van der Waals surface area (Å²) < 4.78 is 13.1. The van der Waals surface area contributed by atoms with Crippen LogP contribution in [0.2, 0.25) is 51.4 Å². The monoisotopic (exact) mass is 430 g/mol. The van der Waals surface area contributed by atoms with Crippen molar-refractivity contribution in [2.24, 2.45) is 0 Å². The maximum atomic E-state index is 11.2. The third kappa shape index (κ3) is 13.8. The van der Waals surface area contributed by atoms with E-state index in [4.69, 9.17) is 8.23 Å². The Morgan fingerprint density at radius 2 is 1.11 bits per heavy atom. The Hall–Kier alpha value is -1.01. The van der Waals surface area contributed by atoms with E-state index in [0.29, 0.717) is 13.1 Å². The number of amides is 2. The standard InChI is InChI=1S/C18H38N2O4Si3/c1-9-17(21)19-13-11-15-25(3,4)23-27(7,8)24-26(5,6)16-12-14-20-18(22)10-2/h9-10H,1-2,11-16H2,3-8H3,(H,19,21)(H,20,22). The van der Waals surface area contributed by atoms with Gasteiger partial charge in [0.15, 0.2) is 16.6 Å². The van der Waals surface area contributed by atoms with Crippen LogP contribution in [0.4, 0.5) is 0 Å². The molecular weight excluding hydrogens is 392 g/mol. The highest BCUT2D eigenvalue weighted by molar-refractivity contribution is 6.87. The molecule has 156 valence electrons. The van der Waals surface area contributed by atoms with Gasteiger partial charge in [0, 0.05) is 13.1 Å². The van der Waals surface area contributed by atoms with E-state index in [1.807, 2.05) is 0 Å². The zero-order valence-corrected chi connectivity index (χ0v) is 20.9. The van der Waals surface area contributed by atoms with Gasteiger partial charge in [-0.1, -0.05) is 13.2 Å². The fourth-order valence-electron chi connectivity index (χ4n) is 3.05. The number of hydrogen-bond acceptors (Lipinski definition) is 4. The third-order valence-electron chi connectivity index (χ3n) is 3.92. The topological polar surface area (TPSA) is 76.7 Å². The minimum atomic E-state index is -2.24. The van der Waals surface area contributed by atoms with E-state index in [1.54, 1.807) is 0 Å². The van der Waals surface area contributed by atoms with E-state index < -0.39 is 25.2 Å². The van der Waals surface area contributed by atoms with Crippen LogP contribution >= 0.6 is 0 Å². The van der Waals surface area contributed by atoms with E-state index in [9.17, 15) is 9.59 Å². The van der Waals surface area contributed by atoms with Gasteiger partial charge in [0.05, 0.1) is 0 Å². The highest BCUT2D eigenvalue weighted by Gasteiger charge is 2.39. The van der Waals surface area contributed by atoms with Gasteiger partial charge in [-0.2, -0.15) is 0 Å². The maximum absolute atomic E-state index is 11.2. The van der Waals surface area contributed by atoms with Crippen molar-refractivity contribution in [3.05, 3.63) is 25.3 Å². The van der Waals surface area contributed by atoms with Crippen LogP contribution in [0.5, 0.6) is 0 Å². The van der Waals surface area contributed by atoms with E-state index in [0.717, 1.165) is 24.9 Å². The second-order valence-corrected chi connectivity index (χ2v) is 20.8. The van der Waals surface area contributed by atoms with Crippen LogP contribution in [0.1, 0.15) is 12.8 Å². The van der Waals surface area contributed by atoms with Gasteiger partial charge in [-0.05, 0) is 76.4 Å². The predicted octanol–water partition coefficient (Wildman–Crippen LogP) is 3.52. The van der Waals surface area contributed by atoms with Crippen molar-refractivity contribution in [2.75, 3.05) is 13.1 Å². The molecule has 0 aromatic carbocycles. The van der Waals surface area contributed by atoms with Crippen LogP contribution < -0.4 is 10.6 Å². The predicted molar refractivity (Wildman–Crippen MR) is 120 cm³/mol. The maximum Gasteiger partial charge on any atom is 0.311 e. The first-order chi connectivity index (χ1) is 12.3. The Morgan fingerprint density at radius 1 is 0.778 bits per heavy atom. The van der Waals surface area contributed by atoms with Crippen molar-refractivity contribution < 1.29 is 17.8 Å². The molecule has 0 radical (unpaired) electrons. The first-order valence-corrected chi connectivity index (χ1v) is 18.6.